The molecule has 0 unspecified atom stereocenters. The van der Waals surface area contributed by atoms with Crippen molar-refractivity contribution in [3.63, 3.8) is 0 Å². The van der Waals surface area contributed by atoms with Gasteiger partial charge in [0.2, 0.25) is 5.95 Å². The quantitative estimate of drug-likeness (QED) is 0.758. The Hall–Kier alpha value is -1.33. The highest BCUT2D eigenvalue weighted by Crippen LogP contribution is 2.27. The monoisotopic (exact) mass is 293 g/mol. The van der Waals surface area contributed by atoms with Crippen molar-refractivity contribution in [3.05, 3.63) is 34.8 Å². The maximum atomic E-state index is 5.09. The second kappa shape index (κ2) is 6.90. The predicted molar refractivity (Wildman–Crippen MR) is 84.6 cm³/mol. The van der Waals surface area contributed by atoms with Crippen LogP contribution in [-0.4, -0.2) is 29.8 Å². The number of hydrogen-bond acceptors (Lipinski definition) is 4. The Labute approximate surface area is 124 Å². The van der Waals surface area contributed by atoms with Gasteiger partial charge in [0.1, 0.15) is 0 Å². The van der Waals surface area contributed by atoms with Crippen LogP contribution in [0.5, 0.6) is 0 Å². The number of anilines is 1. The van der Waals surface area contributed by atoms with Crippen molar-refractivity contribution in [3.8, 4) is 0 Å². The van der Waals surface area contributed by atoms with Gasteiger partial charge in [0.05, 0.1) is 0 Å². The summed E-state index contributed by atoms with van der Waals surface area (Å²) in [6.45, 7) is 7.08. The second-order valence-electron chi connectivity index (χ2n) is 5.51. The first-order valence-electron chi connectivity index (χ1n) is 6.91. The van der Waals surface area contributed by atoms with Gasteiger partial charge in [0.15, 0.2) is 0 Å². The highest BCUT2D eigenvalue weighted by Gasteiger charge is 2.22. The molecule has 0 aromatic carbocycles. The molecule has 2 rings (SSSR count). The summed E-state index contributed by atoms with van der Waals surface area (Å²) in [5.41, 5.74) is 0.109. The van der Waals surface area contributed by atoms with Crippen molar-refractivity contribution in [2.75, 3.05) is 25.6 Å². The van der Waals surface area contributed by atoms with E-state index >= 15 is 0 Å². The molecule has 0 atom stereocenters. The SMILES string of the molecule is COCCCn1ccnc1NCC(C)(C)c1cccs1. The number of thiophene rings is 1. The number of hydrogen-bond donors (Lipinski definition) is 1. The minimum Gasteiger partial charge on any atom is -0.385 e. The molecule has 2 heterocycles. The summed E-state index contributed by atoms with van der Waals surface area (Å²) < 4.78 is 7.23. The van der Waals surface area contributed by atoms with E-state index in [1.165, 1.54) is 4.88 Å². The van der Waals surface area contributed by atoms with Crippen LogP contribution in [0, 0.1) is 0 Å². The first-order valence-corrected chi connectivity index (χ1v) is 7.79. The molecule has 2 aromatic rings. The highest BCUT2D eigenvalue weighted by molar-refractivity contribution is 7.10. The third kappa shape index (κ3) is 3.84. The van der Waals surface area contributed by atoms with E-state index < -0.39 is 0 Å². The van der Waals surface area contributed by atoms with Gasteiger partial charge in [0.25, 0.3) is 0 Å². The molecule has 0 saturated carbocycles. The van der Waals surface area contributed by atoms with Crippen LogP contribution in [0.1, 0.15) is 25.1 Å². The van der Waals surface area contributed by atoms with Crippen LogP contribution >= 0.6 is 11.3 Å². The molecule has 0 radical (unpaired) electrons. The summed E-state index contributed by atoms with van der Waals surface area (Å²) in [6.07, 6.45) is 4.85. The van der Waals surface area contributed by atoms with Gasteiger partial charge in [-0.1, -0.05) is 19.9 Å². The van der Waals surface area contributed by atoms with E-state index in [1.807, 2.05) is 12.4 Å². The van der Waals surface area contributed by atoms with Crippen LogP contribution in [-0.2, 0) is 16.7 Å². The predicted octanol–water partition coefficient (Wildman–Crippen LogP) is 3.37. The Balaban J connectivity index is 1.92. The van der Waals surface area contributed by atoms with Gasteiger partial charge in [-0.15, -0.1) is 11.3 Å². The summed E-state index contributed by atoms with van der Waals surface area (Å²) in [6, 6.07) is 4.30. The highest BCUT2D eigenvalue weighted by atomic mass is 32.1. The number of aromatic nitrogens is 2. The van der Waals surface area contributed by atoms with Gasteiger partial charge in [-0.3, -0.25) is 0 Å². The van der Waals surface area contributed by atoms with E-state index in [4.69, 9.17) is 4.74 Å². The van der Waals surface area contributed by atoms with E-state index in [0.717, 1.165) is 32.1 Å². The largest absolute Gasteiger partial charge is 0.385 e. The van der Waals surface area contributed by atoms with E-state index in [9.17, 15) is 0 Å². The van der Waals surface area contributed by atoms with E-state index in [2.05, 4.69) is 46.2 Å². The summed E-state index contributed by atoms with van der Waals surface area (Å²) in [7, 11) is 1.73. The van der Waals surface area contributed by atoms with Crippen LogP contribution < -0.4 is 5.32 Å². The molecule has 4 nitrogen and oxygen atoms in total. The number of ether oxygens (including phenoxy) is 1. The molecule has 0 aliphatic rings. The average Bonchev–Trinajstić information content (AvgIpc) is 3.09. The zero-order valence-corrected chi connectivity index (χ0v) is 13.2. The minimum absolute atomic E-state index is 0.109. The number of rotatable bonds is 8. The molecule has 110 valence electrons. The van der Waals surface area contributed by atoms with Crippen LogP contribution in [0.4, 0.5) is 5.95 Å². The van der Waals surface area contributed by atoms with Crippen molar-refractivity contribution in [1.29, 1.82) is 0 Å². The third-order valence-electron chi connectivity index (χ3n) is 3.34. The molecular formula is C15H23N3OS. The van der Waals surface area contributed by atoms with E-state index in [0.29, 0.717) is 0 Å². The van der Waals surface area contributed by atoms with Crippen molar-refractivity contribution in [2.24, 2.45) is 0 Å². The third-order valence-corrected chi connectivity index (χ3v) is 4.58. The van der Waals surface area contributed by atoms with Gasteiger partial charge in [-0.25, -0.2) is 4.98 Å². The Bertz CT molecular complexity index is 505. The lowest BCUT2D eigenvalue weighted by molar-refractivity contribution is 0.190. The summed E-state index contributed by atoms with van der Waals surface area (Å²) in [4.78, 5) is 5.78. The van der Waals surface area contributed by atoms with Crippen molar-refractivity contribution < 1.29 is 4.74 Å². The molecule has 5 heteroatoms. The Morgan fingerprint density at radius 3 is 3.00 bits per heavy atom. The first-order chi connectivity index (χ1) is 9.63. The van der Waals surface area contributed by atoms with Crippen LogP contribution in [0.3, 0.4) is 0 Å². The molecule has 20 heavy (non-hydrogen) atoms. The molecule has 0 aliphatic carbocycles. The average molecular weight is 293 g/mol. The van der Waals surface area contributed by atoms with Crippen molar-refractivity contribution >= 4 is 17.3 Å². The fourth-order valence-corrected chi connectivity index (χ4v) is 2.94. The minimum atomic E-state index is 0.109. The normalized spacial score (nSPS) is 11.8. The topological polar surface area (TPSA) is 39.1 Å². The summed E-state index contributed by atoms with van der Waals surface area (Å²) in [5.74, 6) is 0.936. The molecular weight excluding hydrogens is 270 g/mol. The zero-order valence-electron chi connectivity index (χ0n) is 12.4. The smallest absolute Gasteiger partial charge is 0.202 e. The second-order valence-corrected chi connectivity index (χ2v) is 6.45. The molecule has 0 spiro atoms. The molecule has 0 aliphatic heterocycles. The molecule has 1 N–H and O–H groups in total. The fourth-order valence-electron chi connectivity index (χ4n) is 2.09. The molecule has 0 saturated heterocycles. The lowest BCUT2D eigenvalue weighted by atomic mass is 9.91. The Morgan fingerprint density at radius 1 is 1.45 bits per heavy atom. The van der Waals surface area contributed by atoms with Crippen molar-refractivity contribution in [1.82, 2.24) is 9.55 Å². The lowest BCUT2D eigenvalue weighted by Gasteiger charge is -2.24. The number of nitrogens with zero attached hydrogens (tertiary/aromatic N) is 2. The Kier molecular flexibility index (Phi) is 5.20. The van der Waals surface area contributed by atoms with Crippen LogP contribution in [0.2, 0.25) is 0 Å². The summed E-state index contributed by atoms with van der Waals surface area (Å²) >= 11 is 1.80. The molecule has 0 bridgehead atoms. The van der Waals surface area contributed by atoms with Gasteiger partial charge < -0.3 is 14.6 Å². The zero-order chi connectivity index (χ0) is 14.4. The van der Waals surface area contributed by atoms with Gasteiger partial charge in [0, 0.05) is 49.5 Å². The van der Waals surface area contributed by atoms with Gasteiger partial charge >= 0.3 is 0 Å². The van der Waals surface area contributed by atoms with Gasteiger partial charge in [-0.2, -0.15) is 0 Å². The van der Waals surface area contributed by atoms with Gasteiger partial charge in [-0.05, 0) is 17.9 Å². The van der Waals surface area contributed by atoms with Crippen LogP contribution in [0.15, 0.2) is 29.9 Å². The number of imidazole rings is 1. The summed E-state index contributed by atoms with van der Waals surface area (Å²) in [5, 5.41) is 5.59. The number of aryl methyl sites for hydroxylation is 1. The fraction of sp³-hybridized carbons (Fsp3) is 0.533. The number of nitrogens with one attached hydrogen (secondary N) is 1. The van der Waals surface area contributed by atoms with E-state index in [-0.39, 0.29) is 5.41 Å². The molecule has 2 aromatic heterocycles. The first kappa shape index (κ1) is 15.1. The maximum absolute atomic E-state index is 5.09. The lowest BCUT2D eigenvalue weighted by Crippen LogP contribution is -2.27. The Morgan fingerprint density at radius 2 is 2.30 bits per heavy atom. The van der Waals surface area contributed by atoms with E-state index in [1.54, 1.807) is 18.4 Å². The van der Waals surface area contributed by atoms with Crippen molar-refractivity contribution in [2.45, 2.75) is 32.2 Å². The molecule has 0 fully saturated rings. The maximum Gasteiger partial charge on any atom is 0.202 e. The number of methoxy groups -OCH3 is 1. The molecule has 0 amide bonds. The standard InChI is InChI=1S/C15H23N3OS/c1-15(2,13-6-4-11-20-13)12-17-14-16-7-9-18(14)8-5-10-19-3/h4,6-7,9,11H,5,8,10,12H2,1-3H3,(H,16,17). The van der Waals surface area contributed by atoms with Crippen LogP contribution in [0.25, 0.3) is 0 Å².